The van der Waals surface area contributed by atoms with E-state index in [1.807, 2.05) is 47.7 Å². The summed E-state index contributed by atoms with van der Waals surface area (Å²) < 4.78 is 9.35. The van der Waals surface area contributed by atoms with Crippen molar-refractivity contribution in [2.75, 3.05) is 0 Å². The zero-order valence-electron chi connectivity index (χ0n) is 28.9. The Morgan fingerprint density at radius 2 is 1.04 bits per heavy atom. The Hall–Kier alpha value is -6.95. The van der Waals surface area contributed by atoms with Crippen LogP contribution in [0.4, 0.5) is 0 Å². The van der Waals surface area contributed by atoms with Crippen molar-refractivity contribution in [3.05, 3.63) is 176 Å². The largest absolute Gasteiger partial charge is 0.455 e. The molecule has 0 saturated heterocycles. The Labute approximate surface area is 314 Å². The normalized spacial score (nSPS) is 11.7. The first kappa shape index (κ1) is 30.7. The van der Waals surface area contributed by atoms with Crippen molar-refractivity contribution in [3.63, 3.8) is 0 Å². The standard InChI is InChI=1S/C49H29N3OS/c1-2-13-36-34(11-1)39(38-16-9-15-37-35-12-3-4-20-46(35)54-49(37)38)29-40-47-33(14-10-19-45(47)53-48(36)40)31-23-21-30(22-24-31)32-27-43(41-17-5-7-25-50-41)52-44(28-32)42-18-6-8-26-51-42/h1-29H. The molecule has 11 aromatic rings. The Morgan fingerprint density at radius 1 is 0.407 bits per heavy atom. The van der Waals surface area contributed by atoms with E-state index in [2.05, 4.69) is 137 Å². The molecule has 0 N–H and O–H groups in total. The molecule has 0 bridgehead atoms. The molecule has 0 fully saturated rings. The van der Waals surface area contributed by atoms with Gasteiger partial charge in [0.2, 0.25) is 0 Å². The van der Waals surface area contributed by atoms with Gasteiger partial charge in [0.05, 0.1) is 22.8 Å². The van der Waals surface area contributed by atoms with Gasteiger partial charge < -0.3 is 4.42 Å². The Morgan fingerprint density at radius 3 is 1.78 bits per heavy atom. The molecule has 0 aliphatic rings. The van der Waals surface area contributed by atoms with E-state index in [4.69, 9.17) is 9.40 Å². The number of hydrogen-bond acceptors (Lipinski definition) is 5. The van der Waals surface area contributed by atoms with Crippen LogP contribution in [0.3, 0.4) is 0 Å². The molecule has 252 valence electrons. The van der Waals surface area contributed by atoms with Crippen molar-refractivity contribution in [1.82, 2.24) is 15.0 Å². The highest BCUT2D eigenvalue weighted by Crippen LogP contribution is 2.46. The highest BCUT2D eigenvalue weighted by Gasteiger charge is 2.20. The Kier molecular flexibility index (Phi) is 7.00. The molecule has 6 aromatic carbocycles. The number of thiophene rings is 1. The second-order valence-corrected chi connectivity index (χ2v) is 14.6. The van der Waals surface area contributed by atoms with Crippen molar-refractivity contribution in [2.24, 2.45) is 0 Å². The van der Waals surface area contributed by atoms with Crippen molar-refractivity contribution in [3.8, 4) is 56.2 Å². The van der Waals surface area contributed by atoms with Crippen molar-refractivity contribution < 1.29 is 4.42 Å². The smallest absolute Gasteiger partial charge is 0.143 e. The Balaban J connectivity index is 1.08. The third kappa shape index (κ3) is 4.94. The van der Waals surface area contributed by atoms with Crippen molar-refractivity contribution in [2.45, 2.75) is 0 Å². The lowest BCUT2D eigenvalue weighted by atomic mass is 9.92. The van der Waals surface area contributed by atoms with Gasteiger partial charge in [0.25, 0.3) is 0 Å². The molecule has 54 heavy (non-hydrogen) atoms. The predicted octanol–water partition coefficient (Wildman–Crippen LogP) is 13.6. The second-order valence-electron chi connectivity index (χ2n) is 13.5. The third-order valence-corrected chi connectivity index (χ3v) is 11.6. The quantitative estimate of drug-likeness (QED) is 0.179. The van der Waals surface area contributed by atoms with E-state index in [0.29, 0.717) is 0 Å². The van der Waals surface area contributed by atoms with Gasteiger partial charge in [-0.05, 0) is 87.8 Å². The van der Waals surface area contributed by atoms with Crippen LogP contribution < -0.4 is 0 Å². The lowest BCUT2D eigenvalue weighted by Crippen LogP contribution is -1.94. The molecule has 4 nitrogen and oxygen atoms in total. The Bertz CT molecular complexity index is 3140. The zero-order chi connectivity index (χ0) is 35.6. The van der Waals surface area contributed by atoms with Crippen molar-refractivity contribution in [1.29, 1.82) is 0 Å². The van der Waals surface area contributed by atoms with Gasteiger partial charge in [0, 0.05) is 54.3 Å². The molecular weight excluding hydrogens is 679 g/mol. The molecule has 11 rings (SSSR count). The second kappa shape index (κ2) is 12.3. The van der Waals surface area contributed by atoms with Gasteiger partial charge >= 0.3 is 0 Å². The number of furan rings is 1. The summed E-state index contributed by atoms with van der Waals surface area (Å²) in [5.41, 5.74) is 11.9. The van der Waals surface area contributed by atoms with Crippen LogP contribution >= 0.6 is 11.3 Å². The number of hydrogen-bond donors (Lipinski definition) is 0. The van der Waals surface area contributed by atoms with Crippen LogP contribution in [0.25, 0.3) is 109 Å². The monoisotopic (exact) mass is 707 g/mol. The average Bonchev–Trinajstić information content (AvgIpc) is 3.83. The molecule has 0 saturated carbocycles. The summed E-state index contributed by atoms with van der Waals surface area (Å²) in [6.07, 6.45) is 3.60. The minimum atomic E-state index is 0.807. The maximum Gasteiger partial charge on any atom is 0.143 e. The summed E-state index contributed by atoms with van der Waals surface area (Å²) in [6, 6.07) is 57.6. The summed E-state index contributed by atoms with van der Waals surface area (Å²) >= 11 is 1.87. The molecule has 0 amide bonds. The SMILES string of the molecule is c1ccc(-c2cc(-c3ccc(-c4cccc5oc6c7ccccc7c(-c7cccc8c7sc7ccccc78)cc6c45)cc3)cc(-c3ccccn3)n2)nc1. The van der Waals surface area contributed by atoms with Crippen molar-refractivity contribution >= 4 is 64.2 Å². The van der Waals surface area contributed by atoms with E-state index < -0.39 is 0 Å². The third-order valence-electron chi connectivity index (χ3n) is 10.4. The van der Waals surface area contributed by atoms with Crippen LogP contribution in [-0.4, -0.2) is 15.0 Å². The van der Waals surface area contributed by atoms with E-state index in [9.17, 15) is 0 Å². The van der Waals surface area contributed by atoms with E-state index in [-0.39, 0.29) is 0 Å². The minimum Gasteiger partial charge on any atom is -0.455 e. The highest BCUT2D eigenvalue weighted by molar-refractivity contribution is 7.26. The van der Waals surface area contributed by atoms with E-state index in [0.717, 1.165) is 72.4 Å². The van der Waals surface area contributed by atoms with Crippen LogP contribution in [0, 0.1) is 0 Å². The number of fused-ring (bicyclic) bond motifs is 8. The molecule has 0 aliphatic carbocycles. The van der Waals surface area contributed by atoms with Gasteiger partial charge in [0.15, 0.2) is 0 Å². The first-order valence-corrected chi connectivity index (χ1v) is 18.8. The summed E-state index contributed by atoms with van der Waals surface area (Å²) in [6.45, 7) is 0. The summed E-state index contributed by atoms with van der Waals surface area (Å²) in [4.78, 5) is 14.2. The molecule has 0 unspecified atom stereocenters. The van der Waals surface area contributed by atoms with E-state index in [1.54, 1.807) is 12.4 Å². The number of aromatic nitrogens is 3. The fourth-order valence-electron chi connectivity index (χ4n) is 7.90. The van der Waals surface area contributed by atoms with Gasteiger partial charge in [-0.2, -0.15) is 0 Å². The number of pyridine rings is 3. The van der Waals surface area contributed by atoms with Crippen LogP contribution in [0.2, 0.25) is 0 Å². The lowest BCUT2D eigenvalue weighted by molar-refractivity contribution is 0.673. The molecule has 5 heteroatoms. The predicted molar refractivity (Wildman–Crippen MR) is 225 cm³/mol. The van der Waals surface area contributed by atoms with Crippen LogP contribution in [0.5, 0.6) is 0 Å². The van der Waals surface area contributed by atoms with Gasteiger partial charge in [0.1, 0.15) is 11.2 Å². The number of rotatable bonds is 5. The lowest BCUT2D eigenvalue weighted by Gasteiger charge is -2.11. The minimum absolute atomic E-state index is 0.807. The van der Waals surface area contributed by atoms with Crippen LogP contribution in [-0.2, 0) is 0 Å². The average molecular weight is 708 g/mol. The fourth-order valence-corrected chi connectivity index (χ4v) is 9.13. The van der Waals surface area contributed by atoms with Gasteiger partial charge in [-0.1, -0.05) is 109 Å². The van der Waals surface area contributed by atoms with Gasteiger partial charge in [-0.3, -0.25) is 9.97 Å². The number of benzene rings is 6. The molecule has 5 aromatic heterocycles. The van der Waals surface area contributed by atoms with Gasteiger partial charge in [-0.25, -0.2) is 4.98 Å². The topological polar surface area (TPSA) is 51.8 Å². The molecule has 0 spiro atoms. The molecule has 5 heterocycles. The number of nitrogens with zero attached hydrogens (tertiary/aromatic N) is 3. The van der Waals surface area contributed by atoms with E-state index >= 15 is 0 Å². The maximum atomic E-state index is 6.74. The summed E-state index contributed by atoms with van der Waals surface area (Å²) in [5, 5.41) is 7.14. The molecule has 0 radical (unpaired) electrons. The maximum absolute atomic E-state index is 6.74. The van der Waals surface area contributed by atoms with E-state index in [1.165, 1.54) is 36.7 Å². The summed E-state index contributed by atoms with van der Waals surface area (Å²) in [5.74, 6) is 0. The van der Waals surface area contributed by atoms with Gasteiger partial charge in [-0.15, -0.1) is 11.3 Å². The molecular formula is C49H29N3OS. The first-order chi connectivity index (χ1) is 26.8. The van der Waals surface area contributed by atoms with Crippen LogP contribution in [0.1, 0.15) is 0 Å². The van der Waals surface area contributed by atoms with Crippen LogP contribution in [0.15, 0.2) is 181 Å². The first-order valence-electron chi connectivity index (χ1n) is 18.0. The fraction of sp³-hybridized carbons (Fsp3) is 0. The molecule has 0 atom stereocenters. The summed E-state index contributed by atoms with van der Waals surface area (Å²) in [7, 11) is 0. The zero-order valence-corrected chi connectivity index (χ0v) is 29.7. The molecule has 0 aliphatic heterocycles. The highest BCUT2D eigenvalue weighted by atomic mass is 32.1.